The Kier molecular flexibility index (Phi) is 24.5. The standard InChI is InChI=1S/ClHO4.2Li.H2S.2H/c2-1(3,4)5;;;;;/h(H,2,3,4,5);;;1H2;;/q;2*+1;;2*-1. The second-order valence-corrected chi connectivity index (χ2v) is 1.19. The van der Waals surface area contributed by atoms with Crippen molar-refractivity contribution in [2.24, 2.45) is 0 Å². The fourth-order valence-electron chi connectivity index (χ4n) is 0. The fourth-order valence-corrected chi connectivity index (χ4v) is 0. The number of rotatable bonds is 0. The summed E-state index contributed by atoms with van der Waals surface area (Å²) < 4.78 is 32.7. The van der Waals surface area contributed by atoms with E-state index in [4.69, 9.17) is 18.6 Å². The smallest absolute Gasteiger partial charge is 1.00 e. The summed E-state index contributed by atoms with van der Waals surface area (Å²) in [5.74, 6) is 0. The molecule has 0 bridgehead atoms. The number of hydrogen-bond acceptors (Lipinski definition) is 4. The van der Waals surface area contributed by atoms with Gasteiger partial charge < -0.3 is 2.85 Å². The Balaban J connectivity index is -0.00000000800. The van der Waals surface area contributed by atoms with Crippen LogP contribution >= 0.6 is 13.5 Å². The summed E-state index contributed by atoms with van der Waals surface area (Å²) in [7, 11) is -4.69. The van der Waals surface area contributed by atoms with Crippen LogP contribution in [0.5, 0.6) is 0 Å². The molecule has 0 aliphatic carbocycles. The van der Waals surface area contributed by atoms with E-state index in [1.54, 1.807) is 0 Å². The molecular weight excluding hydrogens is 145 g/mol. The van der Waals surface area contributed by atoms with Crippen LogP contribution in [0.1, 0.15) is 2.85 Å². The van der Waals surface area contributed by atoms with Crippen molar-refractivity contribution in [2.45, 2.75) is 0 Å². The zero-order chi connectivity index (χ0) is 4.50. The van der Waals surface area contributed by atoms with Crippen LogP contribution < -0.4 is 51.7 Å². The van der Waals surface area contributed by atoms with E-state index in [-0.39, 0.29) is 54.1 Å². The van der Waals surface area contributed by atoms with Crippen LogP contribution in [0, 0.1) is 10.2 Å². The topological polar surface area (TPSA) is 89.4 Å². The minimum atomic E-state index is -4.69. The molecule has 0 fully saturated rings. The molecular formula is H5ClLi2O4S. The van der Waals surface area contributed by atoms with E-state index < -0.39 is 10.2 Å². The van der Waals surface area contributed by atoms with E-state index >= 15 is 0 Å². The second-order valence-electron chi connectivity index (χ2n) is 0.396. The molecule has 1 N–H and O–H groups in total. The van der Waals surface area contributed by atoms with Gasteiger partial charge in [0.25, 0.3) is 0 Å². The molecule has 0 heterocycles. The van der Waals surface area contributed by atoms with Gasteiger partial charge in [0.2, 0.25) is 0 Å². The summed E-state index contributed by atoms with van der Waals surface area (Å²) in [6.45, 7) is 0. The predicted molar refractivity (Wildman–Crippen MR) is 14.8 cm³/mol. The SMILES string of the molecule is S.[H-].[H-].[Li+].[Li+].[O-][Cl+3]([O-])([O-])O. The molecule has 8 heavy (non-hydrogen) atoms. The Bertz CT molecular complexity index is 36.7. The molecule has 8 heteroatoms. The maximum atomic E-state index is 8.60. The molecule has 0 aromatic rings. The van der Waals surface area contributed by atoms with Crippen molar-refractivity contribution in [3.8, 4) is 0 Å². The molecule has 0 rings (SSSR count). The van der Waals surface area contributed by atoms with Gasteiger partial charge in [-0.3, -0.25) is 0 Å². The first-order valence-corrected chi connectivity index (χ1v) is 1.90. The summed E-state index contributed by atoms with van der Waals surface area (Å²) in [6, 6.07) is 0. The van der Waals surface area contributed by atoms with Crippen molar-refractivity contribution in [2.75, 3.05) is 0 Å². The van der Waals surface area contributed by atoms with Gasteiger partial charge in [0.05, 0.1) is 14.9 Å². The first-order valence-electron chi connectivity index (χ1n) is 0.632. The first-order chi connectivity index (χ1) is 2.00. The zero-order valence-corrected chi connectivity index (χ0v) is 6.31. The van der Waals surface area contributed by atoms with E-state index in [0.29, 0.717) is 0 Å². The molecule has 0 saturated heterocycles. The molecule has 0 radical (unpaired) electrons. The van der Waals surface area contributed by atoms with Crippen molar-refractivity contribution in [1.82, 2.24) is 0 Å². The molecule has 0 aliphatic heterocycles. The fraction of sp³-hybridized carbons (Fsp3) is 0. The number of hydrogen-bond donors (Lipinski definition) is 1. The molecule has 0 spiro atoms. The van der Waals surface area contributed by atoms with Crippen molar-refractivity contribution >= 4 is 13.5 Å². The van der Waals surface area contributed by atoms with Gasteiger partial charge in [-0.05, 0) is 0 Å². The van der Waals surface area contributed by atoms with Crippen molar-refractivity contribution in [1.29, 1.82) is 0 Å². The van der Waals surface area contributed by atoms with Gasteiger partial charge in [0.1, 0.15) is 0 Å². The summed E-state index contributed by atoms with van der Waals surface area (Å²) in [5.41, 5.74) is 0. The van der Waals surface area contributed by atoms with Crippen LogP contribution in [0.25, 0.3) is 0 Å². The molecule has 44 valence electrons. The monoisotopic (exact) mass is 150 g/mol. The van der Waals surface area contributed by atoms with E-state index in [1.807, 2.05) is 0 Å². The normalized spacial score (nSPS) is 7.50. The van der Waals surface area contributed by atoms with Crippen molar-refractivity contribution in [3.05, 3.63) is 0 Å². The second kappa shape index (κ2) is 8.67. The van der Waals surface area contributed by atoms with Gasteiger partial charge in [0, 0.05) is 0 Å². The van der Waals surface area contributed by atoms with Gasteiger partial charge in [-0.2, -0.15) is 27.5 Å². The van der Waals surface area contributed by atoms with Gasteiger partial charge in [-0.15, -0.1) is 0 Å². The average Bonchev–Trinajstić information content (AvgIpc) is 0.722. The molecule has 0 aromatic carbocycles. The Labute approximate surface area is 82.8 Å². The molecule has 0 amide bonds. The summed E-state index contributed by atoms with van der Waals surface area (Å²) in [6.07, 6.45) is 0. The third-order valence-electron chi connectivity index (χ3n) is 0. The Morgan fingerprint density at radius 1 is 1.12 bits per heavy atom. The van der Waals surface area contributed by atoms with E-state index in [1.165, 1.54) is 0 Å². The van der Waals surface area contributed by atoms with Gasteiger partial charge in [-0.25, -0.2) is 0 Å². The molecule has 0 atom stereocenters. The minimum absolute atomic E-state index is 0. The van der Waals surface area contributed by atoms with Gasteiger partial charge in [-0.1, -0.05) is 0 Å². The molecule has 0 saturated carbocycles. The Morgan fingerprint density at radius 3 is 1.12 bits per heavy atom. The zero-order valence-electron chi connectivity index (χ0n) is 6.55. The van der Waals surface area contributed by atoms with Crippen LogP contribution in [-0.2, 0) is 0 Å². The van der Waals surface area contributed by atoms with Crippen LogP contribution in [-0.4, -0.2) is 4.66 Å². The Morgan fingerprint density at radius 2 is 1.12 bits per heavy atom. The molecule has 0 unspecified atom stereocenters. The van der Waals surface area contributed by atoms with Crippen LogP contribution in [0.2, 0.25) is 0 Å². The van der Waals surface area contributed by atoms with E-state index in [0.717, 1.165) is 0 Å². The summed E-state index contributed by atoms with van der Waals surface area (Å²) in [4.78, 5) is 0. The molecule has 0 aromatic heterocycles. The molecule has 0 aliphatic rings. The summed E-state index contributed by atoms with van der Waals surface area (Å²) >= 11 is 0. The predicted octanol–water partition coefficient (Wildman–Crippen LogP) is -9.78. The quantitative estimate of drug-likeness (QED) is 0.347. The minimum Gasteiger partial charge on any atom is -1.00 e. The average molecular weight is 150 g/mol. The summed E-state index contributed by atoms with van der Waals surface area (Å²) in [5, 5.41) is 0. The van der Waals surface area contributed by atoms with E-state index in [2.05, 4.69) is 0 Å². The Hall–Kier alpha value is 1.67. The third-order valence-corrected chi connectivity index (χ3v) is 0. The van der Waals surface area contributed by atoms with Gasteiger partial charge >= 0.3 is 37.7 Å². The van der Waals surface area contributed by atoms with Crippen molar-refractivity contribution in [3.63, 3.8) is 0 Å². The largest absolute Gasteiger partial charge is 1.00 e. The van der Waals surface area contributed by atoms with Crippen LogP contribution in [0.4, 0.5) is 0 Å². The maximum Gasteiger partial charge on any atom is 1.00 e. The van der Waals surface area contributed by atoms with E-state index in [9.17, 15) is 0 Å². The molecule has 4 nitrogen and oxygen atoms in total. The van der Waals surface area contributed by atoms with Crippen molar-refractivity contribution < 1.29 is 69.5 Å². The van der Waals surface area contributed by atoms with Gasteiger partial charge in [0.15, 0.2) is 0 Å². The third kappa shape index (κ3) is 122. The number of halogens is 1. The first kappa shape index (κ1) is 22.6. The van der Waals surface area contributed by atoms with Crippen LogP contribution in [0.15, 0.2) is 0 Å². The van der Waals surface area contributed by atoms with Crippen LogP contribution in [0.3, 0.4) is 0 Å². The maximum absolute atomic E-state index is 8.60.